The van der Waals surface area contributed by atoms with Crippen molar-refractivity contribution < 1.29 is 4.84 Å². The van der Waals surface area contributed by atoms with Crippen molar-refractivity contribution in [1.82, 2.24) is 5.48 Å². The average molecular weight is 261 g/mol. The molecule has 0 amide bonds. The first-order valence-electron chi connectivity index (χ1n) is 7.17. The summed E-state index contributed by atoms with van der Waals surface area (Å²) in [7, 11) is 0. The van der Waals surface area contributed by atoms with E-state index in [1.807, 2.05) is 6.07 Å². The fraction of sp³-hybridized carbons (Fsp3) is 0.529. The Morgan fingerprint density at radius 1 is 1.21 bits per heavy atom. The van der Waals surface area contributed by atoms with E-state index < -0.39 is 0 Å². The Labute approximate surface area is 117 Å². The number of benzene rings is 1. The second kappa shape index (κ2) is 8.13. The van der Waals surface area contributed by atoms with Gasteiger partial charge in [0.15, 0.2) is 0 Å². The highest BCUT2D eigenvalue weighted by Crippen LogP contribution is 2.10. The number of unbranched alkanes of at least 4 members (excludes halogenated alkanes) is 1. The summed E-state index contributed by atoms with van der Waals surface area (Å²) in [6.45, 7) is 8.51. The van der Waals surface area contributed by atoms with Crippen LogP contribution in [0.1, 0.15) is 52.5 Å². The first kappa shape index (κ1) is 15.9. The zero-order chi connectivity index (χ0) is 14.1. The molecule has 2 heteroatoms. The molecule has 0 radical (unpaired) electrons. The first-order valence-corrected chi connectivity index (χ1v) is 7.17. The van der Waals surface area contributed by atoms with Gasteiger partial charge in [0, 0.05) is 5.54 Å². The molecule has 2 nitrogen and oxygen atoms in total. The molecule has 0 bridgehead atoms. The van der Waals surface area contributed by atoms with Crippen LogP contribution in [0.4, 0.5) is 0 Å². The lowest BCUT2D eigenvalue weighted by molar-refractivity contribution is -0.0430. The summed E-state index contributed by atoms with van der Waals surface area (Å²) in [5, 5.41) is 0. The maximum absolute atomic E-state index is 5.79. The summed E-state index contributed by atoms with van der Waals surface area (Å²) in [6.07, 6.45) is 7.81. The van der Waals surface area contributed by atoms with Crippen molar-refractivity contribution in [3.8, 4) is 0 Å². The van der Waals surface area contributed by atoms with E-state index in [0.29, 0.717) is 0 Å². The third-order valence-electron chi connectivity index (χ3n) is 2.66. The van der Waals surface area contributed by atoms with Gasteiger partial charge in [-0.15, -0.1) is 0 Å². The summed E-state index contributed by atoms with van der Waals surface area (Å²) in [4.78, 5) is 5.79. The predicted octanol–water partition coefficient (Wildman–Crippen LogP) is 4.58. The van der Waals surface area contributed by atoms with Crippen molar-refractivity contribution in [1.29, 1.82) is 0 Å². The normalized spacial score (nSPS) is 13.9. The molecule has 0 aromatic heterocycles. The molecule has 1 rings (SSSR count). The van der Waals surface area contributed by atoms with Crippen LogP contribution >= 0.6 is 0 Å². The highest BCUT2D eigenvalue weighted by atomic mass is 16.7. The number of hydroxylamine groups is 1. The average Bonchev–Trinajstić information content (AvgIpc) is 2.38. The van der Waals surface area contributed by atoms with Crippen LogP contribution in [0.2, 0.25) is 0 Å². The standard InChI is InChI=1S/C17H27NO/c1-5-6-12-16(19-18-17(2,3)4)14-13-15-10-8-7-9-11-15/h7-11,13-14,16,18H,5-6,12H2,1-4H3/b14-13+. The second-order valence-electron chi connectivity index (χ2n) is 5.92. The first-order chi connectivity index (χ1) is 9.01. The Morgan fingerprint density at radius 3 is 2.47 bits per heavy atom. The van der Waals surface area contributed by atoms with Crippen LogP contribution in [0.15, 0.2) is 36.4 Å². The molecule has 19 heavy (non-hydrogen) atoms. The third-order valence-corrected chi connectivity index (χ3v) is 2.66. The highest BCUT2D eigenvalue weighted by molar-refractivity contribution is 5.49. The number of hydrogen-bond acceptors (Lipinski definition) is 2. The van der Waals surface area contributed by atoms with Crippen LogP contribution in [0.25, 0.3) is 6.08 Å². The molecule has 0 heterocycles. The number of nitrogens with one attached hydrogen (secondary N) is 1. The van der Waals surface area contributed by atoms with Crippen molar-refractivity contribution in [3.63, 3.8) is 0 Å². The monoisotopic (exact) mass is 261 g/mol. The summed E-state index contributed by atoms with van der Waals surface area (Å²) in [5.41, 5.74) is 4.30. The van der Waals surface area contributed by atoms with Gasteiger partial charge in [0.1, 0.15) is 0 Å². The molecule has 1 aromatic rings. The van der Waals surface area contributed by atoms with Crippen molar-refractivity contribution in [2.45, 2.75) is 58.6 Å². The lowest BCUT2D eigenvalue weighted by atomic mass is 10.1. The van der Waals surface area contributed by atoms with E-state index in [9.17, 15) is 0 Å². The van der Waals surface area contributed by atoms with Gasteiger partial charge in [-0.25, -0.2) is 0 Å². The lowest BCUT2D eigenvalue weighted by Gasteiger charge is -2.23. The molecular formula is C17H27NO. The summed E-state index contributed by atoms with van der Waals surface area (Å²) in [6, 6.07) is 10.3. The summed E-state index contributed by atoms with van der Waals surface area (Å²) >= 11 is 0. The van der Waals surface area contributed by atoms with E-state index in [1.165, 1.54) is 18.4 Å². The summed E-state index contributed by atoms with van der Waals surface area (Å²) < 4.78 is 0. The van der Waals surface area contributed by atoms with E-state index in [2.05, 4.69) is 69.6 Å². The SMILES string of the molecule is CCCCC(/C=C/c1ccccc1)ONC(C)(C)C. The van der Waals surface area contributed by atoms with Gasteiger partial charge in [0.05, 0.1) is 6.10 Å². The maximum Gasteiger partial charge on any atom is 0.0974 e. The molecule has 1 N–H and O–H groups in total. The van der Waals surface area contributed by atoms with E-state index in [-0.39, 0.29) is 11.6 Å². The molecule has 0 aliphatic heterocycles. The number of rotatable bonds is 7. The van der Waals surface area contributed by atoms with Gasteiger partial charge in [-0.1, -0.05) is 62.2 Å². The molecular weight excluding hydrogens is 234 g/mol. The van der Waals surface area contributed by atoms with Gasteiger partial charge < -0.3 is 0 Å². The fourth-order valence-electron chi connectivity index (χ4n) is 1.63. The van der Waals surface area contributed by atoms with Crippen LogP contribution in [0.3, 0.4) is 0 Å². The highest BCUT2D eigenvalue weighted by Gasteiger charge is 2.12. The minimum absolute atomic E-state index is 0.0228. The minimum atomic E-state index is -0.0228. The Bertz CT molecular complexity index is 365. The maximum atomic E-state index is 5.79. The molecule has 0 saturated carbocycles. The molecule has 106 valence electrons. The van der Waals surface area contributed by atoms with Crippen LogP contribution in [-0.4, -0.2) is 11.6 Å². The largest absolute Gasteiger partial charge is 0.294 e. The van der Waals surface area contributed by atoms with Gasteiger partial charge >= 0.3 is 0 Å². The van der Waals surface area contributed by atoms with Gasteiger partial charge in [0.25, 0.3) is 0 Å². The molecule has 1 unspecified atom stereocenters. The van der Waals surface area contributed by atoms with E-state index in [1.54, 1.807) is 0 Å². The molecule has 0 fully saturated rings. The van der Waals surface area contributed by atoms with Crippen molar-refractivity contribution in [2.24, 2.45) is 0 Å². The van der Waals surface area contributed by atoms with Crippen LogP contribution in [0.5, 0.6) is 0 Å². The Hall–Kier alpha value is -1.12. The third kappa shape index (κ3) is 7.81. The Morgan fingerprint density at radius 2 is 1.89 bits per heavy atom. The number of hydrogen-bond donors (Lipinski definition) is 1. The van der Waals surface area contributed by atoms with E-state index >= 15 is 0 Å². The zero-order valence-electron chi connectivity index (χ0n) is 12.6. The van der Waals surface area contributed by atoms with Crippen LogP contribution in [-0.2, 0) is 4.84 Å². The fourth-order valence-corrected chi connectivity index (χ4v) is 1.63. The van der Waals surface area contributed by atoms with Crippen LogP contribution < -0.4 is 5.48 Å². The Balaban J connectivity index is 2.56. The molecule has 0 saturated heterocycles. The van der Waals surface area contributed by atoms with Gasteiger partial charge in [-0.3, -0.25) is 4.84 Å². The van der Waals surface area contributed by atoms with Crippen molar-refractivity contribution in [3.05, 3.63) is 42.0 Å². The minimum Gasteiger partial charge on any atom is -0.294 e. The second-order valence-corrected chi connectivity index (χ2v) is 5.92. The predicted molar refractivity (Wildman–Crippen MR) is 82.8 cm³/mol. The smallest absolute Gasteiger partial charge is 0.0974 e. The van der Waals surface area contributed by atoms with Gasteiger partial charge in [-0.2, -0.15) is 5.48 Å². The molecule has 0 spiro atoms. The lowest BCUT2D eigenvalue weighted by Crippen LogP contribution is -2.38. The van der Waals surface area contributed by atoms with E-state index in [0.717, 1.165) is 6.42 Å². The van der Waals surface area contributed by atoms with Crippen molar-refractivity contribution in [2.75, 3.05) is 0 Å². The summed E-state index contributed by atoms with van der Waals surface area (Å²) in [5.74, 6) is 0. The van der Waals surface area contributed by atoms with Gasteiger partial charge in [-0.05, 0) is 32.8 Å². The topological polar surface area (TPSA) is 21.3 Å². The Kier molecular flexibility index (Phi) is 6.82. The van der Waals surface area contributed by atoms with E-state index in [4.69, 9.17) is 4.84 Å². The van der Waals surface area contributed by atoms with Crippen LogP contribution in [0, 0.1) is 0 Å². The quantitative estimate of drug-likeness (QED) is 0.725. The molecule has 1 atom stereocenters. The molecule has 1 aromatic carbocycles. The van der Waals surface area contributed by atoms with Crippen molar-refractivity contribution >= 4 is 6.08 Å². The van der Waals surface area contributed by atoms with Gasteiger partial charge in [0.2, 0.25) is 0 Å². The molecule has 0 aliphatic carbocycles. The molecule has 0 aliphatic rings. The zero-order valence-corrected chi connectivity index (χ0v) is 12.6.